The second kappa shape index (κ2) is 5.80. The van der Waals surface area contributed by atoms with E-state index in [-0.39, 0.29) is 30.0 Å². The Balaban J connectivity index is 1.82. The topological polar surface area (TPSA) is 117 Å². The lowest BCUT2D eigenvalue weighted by atomic mass is 10.3. The summed E-state index contributed by atoms with van der Waals surface area (Å²) in [5, 5.41) is 6.28. The molecule has 3 rings (SSSR count). The Labute approximate surface area is 135 Å². The van der Waals surface area contributed by atoms with E-state index < -0.39 is 11.2 Å². The molecule has 10 heteroatoms. The molecule has 0 bridgehead atoms. The zero-order chi connectivity index (χ0) is 17.4. The van der Waals surface area contributed by atoms with Gasteiger partial charge in [-0.05, 0) is 6.92 Å². The first-order valence-corrected chi connectivity index (χ1v) is 7.22. The number of carbonyl (C=O) groups is 1. The minimum Gasteiger partial charge on any atom is -0.360 e. The summed E-state index contributed by atoms with van der Waals surface area (Å²) in [7, 11) is 2.95. The molecule has 0 saturated carbocycles. The van der Waals surface area contributed by atoms with Crippen LogP contribution in [-0.4, -0.2) is 29.7 Å². The van der Waals surface area contributed by atoms with Gasteiger partial charge in [0.1, 0.15) is 5.76 Å². The van der Waals surface area contributed by atoms with Gasteiger partial charge in [0.2, 0.25) is 5.91 Å². The molecule has 0 aliphatic heterocycles. The van der Waals surface area contributed by atoms with Crippen molar-refractivity contribution in [3.8, 4) is 0 Å². The highest BCUT2D eigenvalue weighted by atomic mass is 16.5. The molecule has 126 valence electrons. The number of amides is 1. The number of hydrogen-bond acceptors (Lipinski definition) is 6. The van der Waals surface area contributed by atoms with Crippen LogP contribution in [0.5, 0.6) is 0 Å². The smallest absolute Gasteiger partial charge is 0.332 e. The molecule has 0 fully saturated rings. The fourth-order valence-corrected chi connectivity index (χ4v) is 2.42. The molecule has 0 aliphatic carbocycles. The molecule has 24 heavy (non-hydrogen) atoms. The number of aromatic nitrogens is 5. The molecular formula is C14H16N6O4. The summed E-state index contributed by atoms with van der Waals surface area (Å²) < 4.78 is 8.74. The van der Waals surface area contributed by atoms with Crippen molar-refractivity contribution in [1.29, 1.82) is 0 Å². The van der Waals surface area contributed by atoms with Crippen LogP contribution in [0.3, 0.4) is 0 Å². The van der Waals surface area contributed by atoms with E-state index in [1.165, 1.54) is 17.9 Å². The molecule has 0 atom stereocenters. The monoisotopic (exact) mass is 332 g/mol. The van der Waals surface area contributed by atoms with Crippen LogP contribution in [0.25, 0.3) is 11.2 Å². The first-order chi connectivity index (χ1) is 11.4. The summed E-state index contributed by atoms with van der Waals surface area (Å²) >= 11 is 0. The molecule has 3 heterocycles. The van der Waals surface area contributed by atoms with Gasteiger partial charge in [-0.1, -0.05) is 5.16 Å². The van der Waals surface area contributed by atoms with Crippen LogP contribution in [0.4, 0.5) is 5.82 Å². The van der Waals surface area contributed by atoms with E-state index in [0.29, 0.717) is 11.6 Å². The quantitative estimate of drug-likeness (QED) is 0.704. The van der Waals surface area contributed by atoms with E-state index in [1.54, 1.807) is 24.6 Å². The second-order valence-electron chi connectivity index (χ2n) is 5.44. The molecule has 0 radical (unpaired) electrons. The molecule has 1 amide bonds. The molecule has 0 aliphatic rings. The van der Waals surface area contributed by atoms with Crippen molar-refractivity contribution < 1.29 is 9.32 Å². The van der Waals surface area contributed by atoms with Crippen LogP contribution in [0.15, 0.2) is 26.5 Å². The van der Waals surface area contributed by atoms with E-state index in [9.17, 15) is 14.4 Å². The van der Waals surface area contributed by atoms with Crippen LogP contribution in [0.1, 0.15) is 12.2 Å². The number of anilines is 1. The standard InChI is InChI=1S/C14H16N6O4/c1-8-6-9(17-24-8)16-10(21)4-5-20-7-15-12-11(20)13(22)19(3)14(23)18(12)2/h6-7H,4-5H2,1-3H3,(H,16,17,21). The summed E-state index contributed by atoms with van der Waals surface area (Å²) in [5.74, 6) is 0.661. The van der Waals surface area contributed by atoms with Gasteiger partial charge < -0.3 is 14.4 Å². The molecular weight excluding hydrogens is 316 g/mol. The fraction of sp³-hybridized carbons (Fsp3) is 0.357. The van der Waals surface area contributed by atoms with Gasteiger partial charge in [0.05, 0.1) is 6.33 Å². The Morgan fingerprint density at radius 3 is 2.71 bits per heavy atom. The van der Waals surface area contributed by atoms with Crippen molar-refractivity contribution in [3.63, 3.8) is 0 Å². The zero-order valence-corrected chi connectivity index (χ0v) is 13.4. The highest BCUT2D eigenvalue weighted by Crippen LogP contribution is 2.09. The lowest BCUT2D eigenvalue weighted by molar-refractivity contribution is -0.116. The number of nitrogens with one attached hydrogen (secondary N) is 1. The number of carbonyl (C=O) groups excluding carboxylic acids is 1. The summed E-state index contributed by atoms with van der Waals surface area (Å²) in [6, 6.07) is 1.61. The van der Waals surface area contributed by atoms with Crippen LogP contribution in [0.2, 0.25) is 0 Å². The van der Waals surface area contributed by atoms with E-state index in [1.807, 2.05) is 0 Å². The Kier molecular flexibility index (Phi) is 3.80. The lowest BCUT2D eigenvalue weighted by Gasteiger charge is -2.06. The Bertz CT molecular complexity index is 1040. The molecule has 1 N–H and O–H groups in total. The van der Waals surface area contributed by atoms with Gasteiger partial charge in [0.25, 0.3) is 5.56 Å². The van der Waals surface area contributed by atoms with E-state index in [0.717, 1.165) is 4.57 Å². The molecule has 0 saturated heterocycles. The van der Waals surface area contributed by atoms with Gasteiger partial charge in [-0.3, -0.25) is 18.7 Å². The highest BCUT2D eigenvalue weighted by Gasteiger charge is 2.15. The summed E-state index contributed by atoms with van der Waals surface area (Å²) in [6.07, 6.45) is 1.56. The Morgan fingerprint density at radius 2 is 2.04 bits per heavy atom. The van der Waals surface area contributed by atoms with Crippen LogP contribution < -0.4 is 16.6 Å². The van der Waals surface area contributed by atoms with Crippen molar-refractivity contribution in [2.24, 2.45) is 14.1 Å². The van der Waals surface area contributed by atoms with Crippen molar-refractivity contribution in [3.05, 3.63) is 39.0 Å². The van der Waals surface area contributed by atoms with Gasteiger partial charge in [0.15, 0.2) is 17.0 Å². The average molecular weight is 332 g/mol. The Hall–Kier alpha value is -3.17. The van der Waals surface area contributed by atoms with Crippen molar-refractivity contribution >= 4 is 22.9 Å². The van der Waals surface area contributed by atoms with Crippen LogP contribution in [0, 0.1) is 6.92 Å². The van der Waals surface area contributed by atoms with Crippen LogP contribution >= 0.6 is 0 Å². The van der Waals surface area contributed by atoms with Gasteiger partial charge in [0, 0.05) is 33.1 Å². The first kappa shape index (κ1) is 15.7. The maximum Gasteiger partial charge on any atom is 0.332 e. The SMILES string of the molecule is Cc1cc(NC(=O)CCn2cnc3c2c(=O)n(C)c(=O)n3C)no1. The number of imidazole rings is 1. The molecule has 10 nitrogen and oxygen atoms in total. The number of nitrogens with zero attached hydrogens (tertiary/aromatic N) is 5. The number of hydrogen-bond donors (Lipinski definition) is 1. The third kappa shape index (κ3) is 2.62. The Morgan fingerprint density at radius 1 is 1.29 bits per heavy atom. The fourth-order valence-electron chi connectivity index (χ4n) is 2.42. The molecule has 0 unspecified atom stereocenters. The molecule has 3 aromatic rings. The minimum absolute atomic E-state index is 0.114. The number of fused-ring (bicyclic) bond motifs is 1. The second-order valence-corrected chi connectivity index (χ2v) is 5.44. The van der Waals surface area contributed by atoms with Gasteiger partial charge >= 0.3 is 5.69 Å². The van der Waals surface area contributed by atoms with Crippen molar-refractivity contribution in [2.75, 3.05) is 5.32 Å². The molecule has 0 spiro atoms. The first-order valence-electron chi connectivity index (χ1n) is 7.22. The maximum absolute atomic E-state index is 12.3. The molecule has 3 aromatic heterocycles. The largest absolute Gasteiger partial charge is 0.360 e. The molecule has 0 aromatic carbocycles. The highest BCUT2D eigenvalue weighted by molar-refractivity contribution is 5.89. The van der Waals surface area contributed by atoms with Gasteiger partial charge in [-0.2, -0.15) is 0 Å². The van der Waals surface area contributed by atoms with E-state index >= 15 is 0 Å². The summed E-state index contributed by atoms with van der Waals surface area (Å²) in [6.45, 7) is 1.97. The van der Waals surface area contributed by atoms with Crippen molar-refractivity contribution in [1.82, 2.24) is 23.8 Å². The average Bonchev–Trinajstić information content (AvgIpc) is 3.15. The number of aryl methyl sites for hydroxylation is 3. The van der Waals surface area contributed by atoms with Gasteiger partial charge in [-0.15, -0.1) is 0 Å². The predicted molar refractivity (Wildman–Crippen MR) is 84.7 cm³/mol. The third-order valence-corrected chi connectivity index (χ3v) is 3.69. The third-order valence-electron chi connectivity index (χ3n) is 3.69. The van der Waals surface area contributed by atoms with E-state index in [4.69, 9.17) is 4.52 Å². The van der Waals surface area contributed by atoms with Crippen molar-refractivity contribution in [2.45, 2.75) is 19.9 Å². The van der Waals surface area contributed by atoms with Gasteiger partial charge in [-0.25, -0.2) is 9.78 Å². The van der Waals surface area contributed by atoms with Crippen LogP contribution in [-0.2, 0) is 25.4 Å². The predicted octanol–water partition coefficient (Wildman–Crippen LogP) is -0.241. The van der Waals surface area contributed by atoms with E-state index in [2.05, 4.69) is 15.5 Å². The normalized spacial score (nSPS) is 11.1. The lowest BCUT2D eigenvalue weighted by Crippen LogP contribution is -2.37. The summed E-state index contributed by atoms with van der Waals surface area (Å²) in [5.41, 5.74) is -0.324. The zero-order valence-electron chi connectivity index (χ0n) is 13.4. The minimum atomic E-state index is -0.447. The maximum atomic E-state index is 12.3. The summed E-state index contributed by atoms with van der Waals surface area (Å²) in [4.78, 5) is 40.2. The number of rotatable bonds is 4.